The second-order valence-electron chi connectivity index (χ2n) is 5.53. The summed E-state index contributed by atoms with van der Waals surface area (Å²) in [6, 6.07) is 5.70. The Morgan fingerprint density at radius 2 is 1.87 bits per heavy atom. The second-order valence-corrected chi connectivity index (χ2v) is 6.61. The summed E-state index contributed by atoms with van der Waals surface area (Å²) in [4.78, 5) is 19.8. The molecule has 0 fully saturated rings. The van der Waals surface area contributed by atoms with Crippen molar-refractivity contribution in [1.82, 2.24) is 19.9 Å². The van der Waals surface area contributed by atoms with E-state index in [9.17, 15) is 0 Å². The van der Waals surface area contributed by atoms with Crippen LogP contribution in [0.2, 0.25) is 0 Å². The number of hydrogen-bond acceptors (Lipinski definition) is 6. The summed E-state index contributed by atoms with van der Waals surface area (Å²) in [6.07, 6.45) is 8.37. The molecule has 5 rings (SSSR count). The summed E-state index contributed by atoms with van der Waals surface area (Å²) >= 11 is 1.76. The van der Waals surface area contributed by atoms with Gasteiger partial charge in [0, 0.05) is 23.3 Å². The molecule has 0 atom stereocenters. The predicted octanol–water partition coefficient (Wildman–Crippen LogP) is 3.92. The minimum atomic E-state index is 0.637. The van der Waals surface area contributed by atoms with Gasteiger partial charge in [0.1, 0.15) is 16.9 Å². The van der Waals surface area contributed by atoms with Crippen molar-refractivity contribution in [2.45, 2.75) is 19.3 Å². The van der Waals surface area contributed by atoms with Gasteiger partial charge in [0.25, 0.3) is 0 Å². The average Bonchev–Trinajstić information content (AvgIpc) is 3.16. The third-order valence-electron chi connectivity index (χ3n) is 4.12. The molecule has 0 N–H and O–H groups in total. The quantitative estimate of drug-likeness (QED) is 0.560. The van der Waals surface area contributed by atoms with Gasteiger partial charge in [-0.3, -0.25) is 9.97 Å². The van der Waals surface area contributed by atoms with Crippen molar-refractivity contribution in [2.75, 3.05) is 0 Å². The van der Waals surface area contributed by atoms with Crippen LogP contribution in [0.3, 0.4) is 0 Å². The van der Waals surface area contributed by atoms with Crippen LogP contribution in [-0.2, 0) is 12.8 Å². The van der Waals surface area contributed by atoms with Crippen molar-refractivity contribution in [1.29, 1.82) is 0 Å². The standard InChI is InChI=1S/C17H12N4OS/c1-2-11-14(3-1)23-17-15(11)16(20-9-21-17)22-10-4-5-12-13(8-10)19-7-6-18-12/h4-9H,1-3H2. The van der Waals surface area contributed by atoms with Crippen molar-refractivity contribution < 1.29 is 4.74 Å². The van der Waals surface area contributed by atoms with Crippen LogP contribution in [0.1, 0.15) is 16.9 Å². The van der Waals surface area contributed by atoms with E-state index >= 15 is 0 Å². The Morgan fingerprint density at radius 3 is 2.83 bits per heavy atom. The maximum Gasteiger partial charge on any atom is 0.231 e. The van der Waals surface area contributed by atoms with Crippen LogP contribution in [0.25, 0.3) is 21.3 Å². The van der Waals surface area contributed by atoms with Gasteiger partial charge >= 0.3 is 0 Å². The molecule has 112 valence electrons. The van der Waals surface area contributed by atoms with E-state index in [1.165, 1.54) is 16.9 Å². The third-order valence-corrected chi connectivity index (χ3v) is 5.32. The number of aromatic nitrogens is 4. The monoisotopic (exact) mass is 320 g/mol. The molecule has 0 unspecified atom stereocenters. The lowest BCUT2D eigenvalue weighted by molar-refractivity contribution is 0.468. The first-order valence-electron chi connectivity index (χ1n) is 7.52. The smallest absolute Gasteiger partial charge is 0.231 e. The maximum atomic E-state index is 6.07. The molecule has 6 heteroatoms. The number of ether oxygens (including phenoxy) is 1. The summed E-state index contributed by atoms with van der Waals surface area (Å²) in [5.74, 6) is 1.36. The molecule has 1 aromatic carbocycles. The van der Waals surface area contributed by atoms with Crippen molar-refractivity contribution in [3.05, 3.63) is 47.4 Å². The number of benzene rings is 1. The molecule has 4 aromatic rings. The Labute approximate surface area is 136 Å². The van der Waals surface area contributed by atoms with E-state index in [1.807, 2.05) is 18.2 Å². The van der Waals surface area contributed by atoms with E-state index in [4.69, 9.17) is 4.74 Å². The highest BCUT2D eigenvalue weighted by Crippen LogP contribution is 2.41. The van der Waals surface area contributed by atoms with E-state index < -0.39 is 0 Å². The zero-order chi connectivity index (χ0) is 15.2. The normalized spacial score (nSPS) is 13.6. The minimum Gasteiger partial charge on any atom is -0.438 e. The minimum absolute atomic E-state index is 0.637. The summed E-state index contributed by atoms with van der Waals surface area (Å²) < 4.78 is 6.07. The van der Waals surface area contributed by atoms with E-state index in [1.54, 1.807) is 30.1 Å². The van der Waals surface area contributed by atoms with Crippen LogP contribution in [0.4, 0.5) is 0 Å². The first kappa shape index (κ1) is 12.9. The van der Waals surface area contributed by atoms with E-state index in [0.717, 1.165) is 39.8 Å². The van der Waals surface area contributed by atoms with Crippen molar-refractivity contribution in [3.63, 3.8) is 0 Å². The van der Waals surface area contributed by atoms with Gasteiger partial charge in [-0.05, 0) is 37.0 Å². The Balaban J connectivity index is 1.62. The highest BCUT2D eigenvalue weighted by atomic mass is 32.1. The zero-order valence-corrected chi connectivity index (χ0v) is 13.0. The Morgan fingerprint density at radius 1 is 0.957 bits per heavy atom. The lowest BCUT2D eigenvalue weighted by atomic mass is 10.2. The van der Waals surface area contributed by atoms with Gasteiger partial charge in [-0.2, -0.15) is 0 Å². The highest BCUT2D eigenvalue weighted by Gasteiger charge is 2.22. The number of rotatable bonds is 2. The van der Waals surface area contributed by atoms with Crippen molar-refractivity contribution in [2.24, 2.45) is 0 Å². The number of nitrogens with zero attached hydrogens (tertiary/aromatic N) is 4. The average molecular weight is 320 g/mol. The number of aryl methyl sites for hydroxylation is 2. The fraction of sp³-hybridized carbons (Fsp3) is 0.176. The summed E-state index contributed by atoms with van der Waals surface area (Å²) in [6.45, 7) is 0. The summed E-state index contributed by atoms with van der Waals surface area (Å²) in [5, 5.41) is 1.07. The Bertz CT molecular complexity index is 1040. The van der Waals surface area contributed by atoms with E-state index in [-0.39, 0.29) is 0 Å². The van der Waals surface area contributed by atoms with Crippen LogP contribution in [0, 0.1) is 0 Å². The van der Waals surface area contributed by atoms with E-state index in [2.05, 4.69) is 19.9 Å². The molecule has 0 spiro atoms. The molecule has 1 aliphatic carbocycles. The van der Waals surface area contributed by atoms with Gasteiger partial charge in [0.2, 0.25) is 5.88 Å². The van der Waals surface area contributed by atoms with Gasteiger partial charge in [-0.25, -0.2) is 9.97 Å². The maximum absolute atomic E-state index is 6.07. The lowest BCUT2D eigenvalue weighted by Crippen LogP contribution is -1.92. The highest BCUT2D eigenvalue weighted by molar-refractivity contribution is 7.18. The lowest BCUT2D eigenvalue weighted by Gasteiger charge is -2.07. The zero-order valence-electron chi connectivity index (χ0n) is 12.2. The van der Waals surface area contributed by atoms with Crippen molar-refractivity contribution in [3.8, 4) is 11.6 Å². The Hall–Kier alpha value is -2.60. The van der Waals surface area contributed by atoms with Crippen LogP contribution >= 0.6 is 11.3 Å². The molecular formula is C17H12N4OS. The molecule has 0 aliphatic heterocycles. The van der Waals surface area contributed by atoms with E-state index in [0.29, 0.717) is 5.88 Å². The number of hydrogen-bond donors (Lipinski definition) is 0. The topological polar surface area (TPSA) is 60.8 Å². The molecule has 0 amide bonds. The van der Waals surface area contributed by atoms with Gasteiger partial charge in [0.15, 0.2) is 0 Å². The summed E-state index contributed by atoms with van der Waals surface area (Å²) in [5.41, 5.74) is 3.02. The SMILES string of the molecule is c1cnc2cc(Oc3ncnc4sc5c(c34)CCC5)ccc2n1. The molecular weight excluding hydrogens is 308 g/mol. The Kier molecular flexibility index (Phi) is 2.78. The fourth-order valence-corrected chi connectivity index (χ4v) is 4.31. The molecule has 0 saturated heterocycles. The molecule has 5 nitrogen and oxygen atoms in total. The fourth-order valence-electron chi connectivity index (χ4n) is 3.10. The molecule has 0 radical (unpaired) electrons. The van der Waals surface area contributed by atoms with Crippen LogP contribution in [-0.4, -0.2) is 19.9 Å². The number of thiophene rings is 1. The van der Waals surface area contributed by atoms with Crippen LogP contribution in [0.15, 0.2) is 36.9 Å². The predicted molar refractivity (Wildman–Crippen MR) is 89.1 cm³/mol. The van der Waals surface area contributed by atoms with Crippen molar-refractivity contribution >= 4 is 32.6 Å². The third kappa shape index (κ3) is 2.06. The first-order chi connectivity index (χ1) is 11.4. The van der Waals surface area contributed by atoms with Crippen LogP contribution < -0.4 is 4.74 Å². The summed E-state index contributed by atoms with van der Waals surface area (Å²) in [7, 11) is 0. The second kappa shape index (κ2) is 4.96. The van der Waals surface area contributed by atoms with Gasteiger partial charge in [0.05, 0.1) is 16.4 Å². The van der Waals surface area contributed by atoms with Crippen LogP contribution in [0.5, 0.6) is 11.6 Å². The molecule has 23 heavy (non-hydrogen) atoms. The first-order valence-corrected chi connectivity index (χ1v) is 8.34. The largest absolute Gasteiger partial charge is 0.438 e. The van der Waals surface area contributed by atoms with Gasteiger partial charge < -0.3 is 4.74 Å². The molecule has 0 saturated carbocycles. The van der Waals surface area contributed by atoms with Gasteiger partial charge in [-0.15, -0.1) is 11.3 Å². The number of fused-ring (bicyclic) bond motifs is 4. The molecule has 0 bridgehead atoms. The molecule has 1 aliphatic rings. The van der Waals surface area contributed by atoms with Gasteiger partial charge in [-0.1, -0.05) is 0 Å². The molecule has 3 heterocycles. The molecule has 3 aromatic heterocycles.